The number of aryl methyl sites for hydroxylation is 2. The largest absolute Gasteiger partial charge is 0.349 e. The van der Waals surface area contributed by atoms with Crippen LogP contribution in [0.1, 0.15) is 48.9 Å². The summed E-state index contributed by atoms with van der Waals surface area (Å²) >= 11 is 1.89. The molecule has 0 bridgehead atoms. The summed E-state index contributed by atoms with van der Waals surface area (Å²) in [5.74, 6) is 1.66. The molecule has 2 heterocycles. The molecular formula is C16H23N3S. The Hall–Kier alpha value is -1.29. The Morgan fingerprint density at radius 2 is 2.35 bits per heavy atom. The molecule has 0 aromatic carbocycles. The first-order valence-corrected chi connectivity index (χ1v) is 8.38. The molecule has 1 aliphatic carbocycles. The van der Waals surface area contributed by atoms with Gasteiger partial charge in [0, 0.05) is 17.6 Å². The number of thiophene rings is 1. The Morgan fingerprint density at radius 1 is 1.50 bits per heavy atom. The molecule has 3 rings (SSSR count). The number of hydrogen-bond acceptors (Lipinski definition) is 3. The molecule has 0 saturated heterocycles. The van der Waals surface area contributed by atoms with Crippen LogP contribution in [0.15, 0.2) is 17.6 Å². The van der Waals surface area contributed by atoms with Gasteiger partial charge in [0.2, 0.25) is 5.95 Å². The quantitative estimate of drug-likeness (QED) is 0.904. The fraction of sp³-hybridized carbons (Fsp3) is 0.562. The first kappa shape index (κ1) is 13.7. The molecule has 2 aromatic rings. The summed E-state index contributed by atoms with van der Waals surface area (Å²) in [7, 11) is 0. The van der Waals surface area contributed by atoms with E-state index in [0.717, 1.165) is 18.2 Å². The summed E-state index contributed by atoms with van der Waals surface area (Å²) in [6, 6.07) is 2.71. The smallest absolute Gasteiger partial charge is 0.203 e. The number of hydrogen-bond donors (Lipinski definition) is 1. The molecule has 1 unspecified atom stereocenters. The van der Waals surface area contributed by atoms with Crippen LogP contribution in [0.2, 0.25) is 0 Å². The molecule has 0 fully saturated rings. The van der Waals surface area contributed by atoms with Crippen LogP contribution in [0.5, 0.6) is 0 Å². The molecule has 0 spiro atoms. The van der Waals surface area contributed by atoms with Gasteiger partial charge in [-0.05, 0) is 49.1 Å². The molecule has 1 atom stereocenters. The molecule has 0 radical (unpaired) electrons. The zero-order chi connectivity index (χ0) is 14.1. The summed E-state index contributed by atoms with van der Waals surface area (Å²) in [5, 5.41) is 5.90. The fourth-order valence-corrected chi connectivity index (χ4v) is 3.97. The maximum Gasteiger partial charge on any atom is 0.203 e. The van der Waals surface area contributed by atoms with Gasteiger partial charge in [0.05, 0.1) is 11.7 Å². The van der Waals surface area contributed by atoms with Crippen LogP contribution < -0.4 is 5.32 Å². The summed E-state index contributed by atoms with van der Waals surface area (Å²) in [5.41, 5.74) is 2.58. The molecule has 0 aliphatic heterocycles. The highest BCUT2D eigenvalue weighted by Gasteiger charge is 2.22. The predicted octanol–water partition coefficient (Wildman–Crippen LogP) is 4.40. The van der Waals surface area contributed by atoms with Crippen molar-refractivity contribution in [3.05, 3.63) is 33.8 Å². The maximum absolute atomic E-state index is 4.67. The van der Waals surface area contributed by atoms with Crippen LogP contribution >= 0.6 is 11.3 Å². The molecule has 4 heteroatoms. The zero-order valence-electron chi connectivity index (χ0n) is 12.5. The van der Waals surface area contributed by atoms with Gasteiger partial charge in [0.25, 0.3) is 0 Å². The second-order valence-corrected chi connectivity index (χ2v) is 7.14. The topological polar surface area (TPSA) is 29.9 Å². The highest BCUT2D eigenvalue weighted by Crippen LogP contribution is 2.35. The highest BCUT2D eigenvalue weighted by molar-refractivity contribution is 7.10. The average molecular weight is 289 g/mol. The number of nitrogens with zero attached hydrogens (tertiary/aromatic N) is 2. The highest BCUT2D eigenvalue weighted by atomic mass is 32.1. The van der Waals surface area contributed by atoms with E-state index in [9.17, 15) is 0 Å². The van der Waals surface area contributed by atoms with E-state index in [1.807, 2.05) is 11.3 Å². The van der Waals surface area contributed by atoms with Crippen molar-refractivity contribution in [3.63, 3.8) is 0 Å². The Balaban J connectivity index is 1.82. The Kier molecular flexibility index (Phi) is 3.83. The number of anilines is 1. The summed E-state index contributed by atoms with van der Waals surface area (Å²) in [6.07, 6.45) is 5.87. The first-order chi connectivity index (χ1) is 9.63. The summed E-state index contributed by atoms with van der Waals surface area (Å²) < 4.78 is 2.26. The molecule has 0 amide bonds. The van der Waals surface area contributed by atoms with Crippen LogP contribution in [-0.2, 0) is 13.0 Å². The number of imidazole rings is 1. The van der Waals surface area contributed by atoms with E-state index in [0.29, 0.717) is 12.0 Å². The van der Waals surface area contributed by atoms with Gasteiger partial charge in [-0.3, -0.25) is 0 Å². The van der Waals surface area contributed by atoms with E-state index in [-0.39, 0.29) is 0 Å². The number of rotatable bonds is 4. The van der Waals surface area contributed by atoms with Crippen LogP contribution in [0, 0.1) is 12.8 Å². The van der Waals surface area contributed by atoms with E-state index in [4.69, 9.17) is 0 Å². The lowest BCUT2D eigenvalue weighted by molar-refractivity contribution is 0.519. The number of nitrogens with one attached hydrogen (secondary N) is 1. The molecule has 2 aromatic heterocycles. The minimum atomic E-state index is 0.428. The van der Waals surface area contributed by atoms with E-state index in [2.05, 4.69) is 53.3 Å². The van der Waals surface area contributed by atoms with Gasteiger partial charge in [0.15, 0.2) is 0 Å². The van der Waals surface area contributed by atoms with Gasteiger partial charge in [-0.2, -0.15) is 0 Å². The van der Waals surface area contributed by atoms with Crippen LogP contribution in [0.25, 0.3) is 0 Å². The molecular weight excluding hydrogens is 266 g/mol. The monoisotopic (exact) mass is 289 g/mol. The van der Waals surface area contributed by atoms with E-state index in [1.54, 1.807) is 4.88 Å². The third-order valence-electron chi connectivity index (χ3n) is 3.81. The average Bonchev–Trinajstić information content (AvgIpc) is 2.97. The SMILES string of the molecule is Cc1cn(CC(C)C)c(NC2CCCc3sccc32)n1. The van der Waals surface area contributed by atoms with Crippen molar-refractivity contribution in [2.45, 2.75) is 52.6 Å². The lowest BCUT2D eigenvalue weighted by Gasteiger charge is -2.24. The molecule has 1 N–H and O–H groups in total. The van der Waals surface area contributed by atoms with Gasteiger partial charge in [-0.15, -0.1) is 11.3 Å². The zero-order valence-corrected chi connectivity index (χ0v) is 13.3. The van der Waals surface area contributed by atoms with Crippen molar-refractivity contribution in [3.8, 4) is 0 Å². The second-order valence-electron chi connectivity index (χ2n) is 6.14. The standard InChI is InChI=1S/C16H23N3S/c1-11(2)9-19-10-12(3)17-16(19)18-14-5-4-6-15-13(14)7-8-20-15/h7-8,10-11,14H,4-6,9H2,1-3H3,(H,17,18). The first-order valence-electron chi connectivity index (χ1n) is 7.50. The molecule has 3 nitrogen and oxygen atoms in total. The Bertz CT molecular complexity index is 582. The third-order valence-corrected chi connectivity index (χ3v) is 4.81. The Morgan fingerprint density at radius 3 is 3.15 bits per heavy atom. The van der Waals surface area contributed by atoms with Crippen molar-refractivity contribution in [2.75, 3.05) is 5.32 Å². The maximum atomic E-state index is 4.67. The van der Waals surface area contributed by atoms with E-state index < -0.39 is 0 Å². The second kappa shape index (κ2) is 5.60. The van der Waals surface area contributed by atoms with Crippen molar-refractivity contribution < 1.29 is 0 Å². The molecule has 1 aliphatic rings. The van der Waals surface area contributed by atoms with E-state index in [1.165, 1.54) is 24.8 Å². The molecule has 0 saturated carbocycles. The number of fused-ring (bicyclic) bond motifs is 1. The van der Waals surface area contributed by atoms with Crippen LogP contribution in [0.4, 0.5) is 5.95 Å². The van der Waals surface area contributed by atoms with Crippen LogP contribution in [-0.4, -0.2) is 9.55 Å². The molecule has 108 valence electrons. The number of aromatic nitrogens is 2. The van der Waals surface area contributed by atoms with Crippen molar-refractivity contribution in [1.82, 2.24) is 9.55 Å². The Labute approximate surface area is 125 Å². The van der Waals surface area contributed by atoms with Gasteiger partial charge >= 0.3 is 0 Å². The molecule has 20 heavy (non-hydrogen) atoms. The summed E-state index contributed by atoms with van der Waals surface area (Å²) in [4.78, 5) is 6.22. The van der Waals surface area contributed by atoms with Gasteiger partial charge in [-0.25, -0.2) is 4.98 Å². The summed E-state index contributed by atoms with van der Waals surface area (Å²) in [6.45, 7) is 7.58. The predicted molar refractivity (Wildman–Crippen MR) is 85.4 cm³/mol. The van der Waals surface area contributed by atoms with Gasteiger partial charge in [-0.1, -0.05) is 13.8 Å². The lowest BCUT2D eigenvalue weighted by atomic mass is 9.94. The minimum Gasteiger partial charge on any atom is -0.349 e. The van der Waals surface area contributed by atoms with Crippen molar-refractivity contribution in [2.24, 2.45) is 5.92 Å². The fourth-order valence-electron chi connectivity index (χ4n) is 2.99. The van der Waals surface area contributed by atoms with Crippen molar-refractivity contribution >= 4 is 17.3 Å². The minimum absolute atomic E-state index is 0.428. The van der Waals surface area contributed by atoms with Crippen LogP contribution in [0.3, 0.4) is 0 Å². The van der Waals surface area contributed by atoms with E-state index >= 15 is 0 Å². The van der Waals surface area contributed by atoms with Gasteiger partial charge < -0.3 is 9.88 Å². The lowest BCUT2D eigenvalue weighted by Crippen LogP contribution is -2.19. The normalized spacial score (nSPS) is 18.3. The van der Waals surface area contributed by atoms with Crippen molar-refractivity contribution in [1.29, 1.82) is 0 Å². The van der Waals surface area contributed by atoms with Gasteiger partial charge in [0.1, 0.15) is 0 Å². The third kappa shape index (κ3) is 2.75.